The van der Waals surface area contributed by atoms with Gasteiger partial charge in [0.1, 0.15) is 28.3 Å². The number of carboxylic acid groups (broad SMARTS) is 1. The number of hydrogen-bond acceptors (Lipinski definition) is 9. The highest BCUT2D eigenvalue weighted by molar-refractivity contribution is 5.83. The van der Waals surface area contributed by atoms with Crippen LogP contribution in [0.2, 0.25) is 0 Å². The molecule has 0 bridgehead atoms. The lowest BCUT2D eigenvalue weighted by molar-refractivity contribution is -0.157. The summed E-state index contributed by atoms with van der Waals surface area (Å²) in [6, 6.07) is 9.25. The summed E-state index contributed by atoms with van der Waals surface area (Å²) in [7, 11) is 0. The second kappa shape index (κ2) is 14.4. The van der Waals surface area contributed by atoms with Crippen LogP contribution in [-0.2, 0) is 23.8 Å². The van der Waals surface area contributed by atoms with E-state index in [1.807, 2.05) is 0 Å². The second-order valence-corrected chi connectivity index (χ2v) is 12.2. The van der Waals surface area contributed by atoms with Crippen LogP contribution in [0.25, 0.3) is 0 Å². The van der Waals surface area contributed by atoms with Gasteiger partial charge in [0.2, 0.25) is 0 Å². The summed E-state index contributed by atoms with van der Waals surface area (Å²) in [6.45, 7) is 15.5. The first kappa shape index (κ1) is 35.5. The maximum Gasteiger partial charge on any atom is 0.408 e. The van der Waals surface area contributed by atoms with Crippen molar-refractivity contribution < 1.29 is 48.7 Å². The topological polar surface area (TPSA) is 181 Å². The number of rotatable bonds is 6. The highest BCUT2D eigenvalue weighted by atomic mass is 16.6. The Morgan fingerprint density at radius 3 is 1.19 bits per heavy atom. The molecule has 12 heteroatoms. The smallest absolute Gasteiger partial charge is 0.408 e. The molecule has 5 N–H and O–H groups in total. The number of aromatic hydroxyl groups is 2. The normalized spacial score (nSPS) is 12.9. The van der Waals surface area contributed by atoms with Gasteiger partial charge in [-0.1, -0.05) is 24.3 Å². The van der Waals surface area contributed by atoms with Crippen LogP contribution in [0.1, 0.15) is 85.5 Å². The summed E-state index contributed by atoms with van der Waals surface area (Å²) in [5.41, 5.74) is -1.25. The molecule has 0 unspecified atom stereocenters. The van der Waals surface area contributed by atoms with Crippen molar-refractivity contribution in [3.05, 3.63) is 59.7 Å². The van der Waals surface area contributed by atoms with Crippen molar-refractivity contribution in [1.29, 1.82) is 0 Å². The van der Waals surface area contributed by atoms with Crippen molar-refractivity contribution in [1.82, 2.24) is 10.6 Å². The maximum absolute atomic E-state index is 12.4. The largest absolute Gasteiger partial charge is 0.508 e. The first-order chi connectivity index (χ1) is 19.1. The fourth-order valence-electron chi connectivity index (χ4n) is 3.11. The van der Waals surface area contributed by atoms with Gasteiger partial charge in [-0.25, -0.2) is 19.2 Å². The summed E-state index contributed by atoms with van der Waals surface area (Å²) in [5, 5.41) is 32.4. The number of amides is 2. The third-order valence-corrected chi connectivity index (χ3v) is 4.66. The molecule has 0 aromatic heterocycles. The zero-order chi connectivity index (χ0) is 32.5. The monoisotopic (exact) mass is 590 g/mol. The van der Waals surface area contributed by atoms with Gasteiger partial charge in [-0.2, -0.15) is 0 Å². The summed E-state index contributed by atoms with van der Waals surface area (Å²) in [4.78, 5) is 47.1. The van der Waals surface area contributed by atoms with E-state index < -0.39 is 53.0 Å². The van der Waals surface area contributed by atoms with E-state index >= 15 is 0 Å². The van der Waals surface area contributed by atoms with Crippen molar-refractivity contribution >= 4 is 24.1 Å². The van der Waals surface area contributed by atoms with Crippen LogP contribution in [0, 0.1) is 0 Å². The van der Waals surface area contributed by atoms with Crippen LogP contribution in [0.5, 0.6) is 11.5 Å². The van der Waals surface area contributed by atoms with E-state index in [1.54, 1.807) is 74.4 Å². The fourth-order valence-corrected chi connectivity index (χ4v) is 3.11. The Kier molecular flexibility index (Phi) is 12.2. The van der Waals surface area contributed by atoms with Gasteiger partial charge in [0, 0.05) is 0 Å². The molecule has 0 radical (unpaired) electrons. The molecule has 2 amide bonds. The number of nitrogens with one attached hydrogen (secondary N) is 2. The fraction of sp³-hybridized carbons (Fsp3) is 0.467. The Labute approximate surface area is 246 Å². The standard InChI is InChI=1S/C17H25NO5.C13H17NO5/c1-16(2,3)22-14(20)13(11-7-9-12(19)10-8-11)18-15(21)23-17(4,5)6;1-13(2,3)19-12(18)14-10(11(16)17)8-4-6-9(15)7-5-8/h7-10,13,19H,1-6H3,(H,18,21);4-7,10,15H,1-3H3,(H,14,18)(H,16,17)/t13-;10-/m00/s1. The first-order valence-corrected chi connectivity index (χ1v) is 13.1. The number of esters is 1. The van der Waals surface area contributed by atoms with Gasteiger partial charge >= 0.3 is 24.1 Å². The van der Waals surface area contributed by atoms with Gasteiger partial charge in [0.15, 0.2) is 12.1 Å². The Bertz CT molecular complexity index is 1210. The minimum atomic E-state index is -1.23. The Morgan fingerprint density at radius 2 is 0.881 bits per heavy atom. The van der Waals surface area contributed by atoms with Crippen LogP contribution in [0.15, 0.2) is 48.5 Å². The lowest BCUT2D eigenvalue weighted by atomic mass is 10.1. The number of carboxylic acids is 1. The van der Waals surface area contributed by atoms with Crippen LogP contribution < -0.4 is 10.6 Å². The third-order valence-electron chi connectivity index (χ3n) is 4.66. The summed E-state index contributed by atoms with van der Waals surface area (Å²) in [6.07, 6.45) is -1.53. The lowest BCUT2D eigenvalue weighted by Crippen LogP contribution is -2.40. The van der Waals surface area contributed by atoms with Gasteiger partial charge in [-0.3, -0.25) is 0 Å². The number of carbonyl (C=O) groups excluding carboxylic acids is 3. The number of aliphatic carboxylic acids is 1. The molecule has 0 heterocycles. The SMILES string of the molecule is CC(C)(C)OC(=O)N[C@H](C(=O)O)c1ccc(O)cc1.CC(C)(C)OC(=O)N[C@H](C(=O)OC(C)(C)C)c1ccc(O)cc1. The Hall–Kier alpha value is -4.48. The molecule has 12 nitrogen and oxygen atoms in total. The van der Waals surface area contributed by atoms with Crippen molar-refractivity contribution in [3.8, 4) is 11.5 Å². The number of carbonyl (C=O) groups is 4. The predicted molar refractivity (Wildman–Crippen MR) is 154 cm³/mol. The quantitative estimate of drug-likeness (QED) is 0.217. The minimum Gasteiger partial charge on any atom is -0.508 e. The van der Waals surface area contributed by atoms with E-state index in [1.165, 1.54) is 36.4 Å². The molecule has 0 aliphatic heterocycles. The van der Waals surface area contributed by atoms with E-state index in [2.05, 4.69) is 10.6 Å². The number of alkyl carbamates (subject to hydrolysis) is 2. The molecular formula is C30H42N2O10. The predicted octanol–water partition coefficient (Wildman–Crippen LogP) is 5.34. The molecule has 2 rings (SSSR count). The van der Waals surface area contributed by atoms with E-state index in [9.17, 15) is 24.3 Å². The van der Waals surface area contributed by atoms with Crippen molar-refractivity contribution in [2.24, 2.45) is 0 Å². The van der Waals surface area contributed by atoms with Crippen molar-refractivity contribution in [2.75, 3.05) is 0 Å². The third kappa shape index (κ3) is 14.2. The molecule has 42 heavy (non-hydrogen) atoms. The minimum absolute atomic E-state index is 0.0187. The Morgan fingerprint density at radius 1 is 0.571 bits per heavy atom. The average molecular weight is 591 g/mol. The molecule has 0 spiro atoms. The van der Waals surface area contributed by atoms with Crippen LogP contribution >= 0.6 is 0 Å². The number of phenols is 2. The summed E-state index contributed by atoms with van der Waals surface area (Å²) in [5.74, 6) is -1.73. The summed E-state index contributed by atoms with van der Waals surface area (Å²) >= 11 is 0. The van der Waals surface area contributed by atoms with E-state index in [0.717, 1.165) is 0 Å². The number of ether oxygens (including phenoxy) is 3. The highest BCUT2D eigenvalue weighted by Crippen LogP contribution is 2.22. The number of hydrogen-bond donors (Lipinski definition) is 5. The maximum atomic E-state index is 12.4. The molecule has 2 aromatic carbocycles. The van der Waals surface area contributed by atoms with Crippen molar-refractivity contribution in [3.63, 3.8) is 0 Å². The molecular weight excluding hydrogens is 548 g/mol. The first-order valence-electron chi connectivity index (χ1n) is 13.1. The number of benzene rings is 2. The van der Waals surface area contributed by atoms with Crippen molar-refractivity contribution in [2.45, 2.75) is 91.2 Å². The average Bonchev–Trinajstić information content (AvgIpc) is 2.79. The van der Waals surface area contributed by atoms with Gasteiger partial charge in [0.05, 0.1) is 0 Å². The van der Waals surface area contributed by atoms with Crippen LogP contribution in [0.3, 0.4) is 0 Å². The molecule has 0 aliphatic carbocycles. The molecule has 232 valence electrons. The molecule has 2 aromatic rings. The molecule has 2 atom stereocenters. The van der Waals surface area contributed by atoms with E-state index in [0.29, 0.717) is 11.1 Å². The number of phenolic OH excluding ortho intramolecular Hbond substituents is 2. The zero-order valence-corrected chi connectivity index (χ0v) is 25.5. The lowest BCUT2D eigenvalue weighted by Gasteiger charge is -2.26. The second-order valence-electron chi connectivity index (χ2n) is 12.2. The molecule has 0 saturated heterocycles. The van der Waals surface area contributed by atoms with E-state index in [4.69, 9.17) is 24.4 Å². The van der Waals surface area contributed by atoms with Gasteiger partial charge in [0.25, 0.3) is 0 Å². The molecule has 0 saturated carbocycles. The van der Waals surface area contributed by atoms with Gasteiger partial charge < -0.3 is 40.2 Å². The zero-order valence-electron chi connectivity index (χ0n) is 25.5. The van der Waals surface area contributed by atoms with Gasteiger partial charge in [-0.15, -0.1) is 0 Å². The van der Waals surface area contributed by atoms with Crippen LogP contribution in [-0.4, -0.2) is 56.2 Å². The van der Waals surface area contributed by atoms with Crippen LogP contribution in [0.4, 0.5) is 9.59 Å². The highest BCUT2D eigenvalue weighted by Gasteiger charge is 2.30. The summed E-state index contributed by atoms with van der Waals surface area (Å²) < 4.78 is 15.5. The Balaban J connectivity index is 0.000000428. The van der Waals surface area contributed by atoms with Gasteiger partial charge in [-0.05, 0) is 97.7 Å². The molecule has 0 aliphatic rings. The molecule has 0 fully saturated rings. The van der Waals surface area contributed by atoms with E-state index in [-0.39, 0.29) is 11.5 Å².